The minimum atomic E-state index is 0.0762. The lowest BCUT2D eigenvalue weighted by Crippen LogP contribution is -2.38. The Kier molecular flexibility index (Phi) is 7.03. The number of hydrogen-bond donors (Lipinski definition) is 2. The maximum absolute atomic E-state index is 12.3. The Bertz CT molecular complexity index is 680. The van der Waals surface area contributed by atoms with Gasteiger partial charge >= 0.3 is 0 Å². The highest BCUT2D eigenvalue weighted by molar-refractivity contribution is 7.13. The van der Waals surface area contributed by atoms with Gasteiger partial charge in [0.15, 0.2) is 5.13 Å². The van der Waals surface area contributed by atoms with Crippen LogP contribution in [0.1, 0.15) is 49.4 Å². The zero-order valence-electron chi connectivity index (χ0n) is 15.2. The van der Waals surface area contributed by atoms with Crippen LogP contribution in [0.25, 0.3) is 0 Å². The molecule has 3 rings (SSSR count). The number of aromatic nitrogens is 1. The quantitative estimate of drug-likeness (QED) is 0.781. The second-order valence-electron chi connectivity index (χ2n) is 6.86. The molecule has 2 heterocycles. The summed E-state index contributed by atoms with van der Waals surface area (Å²) in [4.78, 5) is 19.1. The first kappa shape index (κ1) is 18.9. The van der Waals surface area contributed by atoms with Crippen molar-refractivity contribution in [2.24, 2.45) is 0 Å². The summed E-state index contributed by atoms with van der Waals surface area (Å²) in [6, 6.07) is 10.8. The van der Waals surface area contributed by atoms with E-state index in [1.165, 1.54) is 42.6 Å². The Morgan fingerprint density at radius 2 is 1.92 bits per heavy atom. The summed E-state index contributed by atoms with van der Waals surface area (Å²) in [5.74, 6) is 0.0762. The Morgan fingerprint density at radius 1 is 1.19 bits per heavy atom. The van der Waals surface area contributed by atoms with Gasteiger partial charge in [-0.15, -0.1) is 11.3 Å². The summed E-state index contributed by atoms with van der Waals surface area (Å²) in [5, 5.41) is 5.62. The summed E-state index contributed by atoms with van der Waals surface area (Å²) >= 11 is 1.42. The van der Waals surface area contributed by atoms with Crippen molar-refractivity contribution < 1.29 is 4.79 Å². The molecule has 1 aliphatic heterocycles. The molecular weight excluding hydrogens is 344 g/mol. The minimum Gasteiger partial charge on any atom is -0.375 e. The number of nitrogens with two attached hydrogens (primary N) is 1. The van der Waals surface area contributed by atoms with Crippen LogP contribution in [-0.4, -0.2) is 35.4 Å². The topological polar surface area (TPSA) is 71.2 Å². The summed E-state index contributed by atoms with van der Waals surface area (Å²) in [5.41, 5.74) is 7.82. The molecule has 0 spiro atoms. The average Bonchev–Trinajstić information content (AvgIpc) is 2.90. The van der Waals surface area contributed by atoms with Gasteiger partial charge in [0.1, 0.15) is 0 Å². The predicted octanol–water partition coefficient (Wildman–Crippen LogP) is 3.39. The molecule has 0 saturated carbocycles. The van der Waals surface area contributed by atoms with Gasteiger partial charge in [0.25, 0.3) is 0 Å². The van der Waals surface area contributed by atoms with Crippen molar-refractivity contribution in [1.82, 2.24) is 15.2 Å². The smallest absolute Gasteiger partial charge is 0.220 e. The van der Waals surface area contributed by atoms with Gasteiger partial charge in [-0.2, -0.15) is 0 Å². The molecule has 1 aromatic carbocycles. The molecule has 0 aliphatic carbocycles. The number of likely N-dealkylation sites (tertiary alicyclic amines) is 1. The Balaban J connectivity index is 1.57. The Hall–Kier alpha value is -1.92. The van der Waals surface area contributed by atoms with Gasteiger partial charge in [0, 0.05) is 18.3 Å². The fraction of sp³-hybridized carbons (Fsp3) is 0.500. The van der Waals surface area contributed by atoms with Crippen molar-refractivity contribution in [3.63, 3.8) is 0 Å². The number of carbonyl (C=O) groups excluding carboxylic acids is 1. The molecule has 1 aliphatic rings. The van der Waals surface area contributed by atoms with Crippen molar-refractivity contribution in [1.29, 1.82) is 0 Å². The van der Waals surface area contributed by atoms with E-state index in [2.05, 4.69) is 39.5 Å². The summed E-state index contributed by atoms with van der Waals surface area (Å²) in [6.07, 6.45) is 6.18. The van der Waals surface area contributed by atoms with Crippen molar-refractivity contribution in [2.75, 3.05) is 25.4 Å². The van der Waals surface area contributed by atoms with Crippen LogP contribution in [0.3, 0.4) is 0 Å². The largest absolute Gasteiger partial charge is 0.375 e. The number of anilines is 1. The molecule has 5 nitrogen and oxygen atoms in total. The zero-order chi connectivity index (χ0) is 18.2. The highest BCUT2D eigenvalue weighted by Crippen LogP contribution is 2.23. The van der Waals surface area contributed by atoms with Crippen LogP contribution in [0.2, 0.25) is 0 Å². The first-order valence-corrected chi connectivity index (χ1v) is 10.4. The molecule has 1 fully saturated rings. The normalized spacial score (nSPS) is 16.8. The molecule has 1 saturated heterocycles. The van der Waals surface area contributed by atoms with E-state index in [0.717, 1.165) is 18.8 Å². The van der Waals surface area contributed by atoms with E-state index >= 15 is 0 Å². The monoisotopic (exact) mass is 372 g/mol. The van der Waals surface area contributed by atoms with Gasteiger partial charge in [-0.05, 0) is 37.9 Å². The molecule has 0 radical (unpaired) electrons. The van der Waals surface area contributed by atoms with Gasteiger partial charge < -0.3 is 11.1 Å². The standard InChI is InChI=1S/C20H28N4OS/c21-20-23-17(15-26-20)10-11-19(25)22-14-18(16-8-4-3-5-9-16)24-12-6-1-2-7-13-24/h3-5,8-9,15,18H,1-2,6-7,10-14H2,(H2,21,23)(H,22,25)/t18-/m0/s1. The summed E-state index contributed by atoms with van der Waals surface area (Å²) in [7, 11) is 0. The van der Waals surface area contributed by atoms with E-state index in [0.29, 0.717) is 24.5 Å². The summed E-state index contributed by atoms with van der Waals surface area (Å²) in [6.45, 7) is 2.86. The van der Waals surface area contributed by atoms with E-state index in [4.69, 9.17) is 5.73 Å². The van der Waals surface area contributed by atoms with Crippen molar-refractivity contribution in [3.8, 4) is 0 Å². The number of nitrogens with one attached hydrogen (secondary N) is 1. The Morgan fingerprint density at radius 3 is 2.58 bits per heavy atom. The number of rotatable bonds is 7. The SMILES string of the molecule is Nc1nc(CCC(=O)NC[C@@H](c2ccccc2)N2CCCCCC2)cs1. The number of carbonyl (C=O) groups is 1. The molecule has 26 heavy (non-hydrogen) atoms. The van der Waals surface area contributed by atoms with E-state index in [1.807, 2.05) is 11.4 Å². The van der Waals surface area contributed by atoms with Crippen LogP contribution in [0.5, 0.6) is 0 Å². The number of nitrogen functional groups attached to an aromatic ring is 1. The fourth-order valence-electron chi connectivity index (χ4n) is 3.52. The first-order chi connectivity index (χ1) is 12.7. The molecule has 140 valence electrons. The van der Waals surface area contributed by atoms with E-state index < -0.39 is 0 Å². The maximum Gasteiger partial charge on any atom is 0.220 e. The summed E-state index contributed by atoms with van der Waals surface area (Å²) < 4.78 is 0. The number of hydrogen-bond acceptors (Lipinski definition) is 5. The van der Waals surface area contributed by atoms with Crippen molar-refractivity contribution in [2.45, 2.75) is 44.6 Å². The van der Waals surface area contributed by atoms with Gasteiger partial charge in [-0.3, -0.25) is 9.69 Å². The average molecular weight is 373 g/mol. The Labute approximate surface area is 159 Å². The maximum atomic E-state index is 12.3. The molecule has 1 amide bonds. The lowest BCUT2D eigenvalue weighted by Gasteiger charge is -2.31. The van der Waals surface area contributed by atoms with E-state index in [9.17, 15) is 4.79 Å². The van der Waals surface area contributed by atoms with Gasteiger partial charge in [0.05, 0.1) is 11.7 Å². The van der Waals surface area contributed by atoms with Gasteiger partial charge in [0.2, 0.25) is 5.91 Å². The van der Waals surface area contributed by atoms with Gasteiger partial charge in [-0.1, -0.05) is 43.2 Å². The number of nitrogens with zero attached hydrogens (tertiary/aromatic N) is 2. The minimum absolute atomic E-state index is 0.0762. The van der Waals surface area contributed by atoms with Crippen LogP contribution in [0, 0.1) is 0 Å². The van der Waals surface area contributed by atoms with Crippen molar-refractivity contribution in [3.05, 3.63) is 47.0 Å². The third-order valence-corrected chi connectivity index (χ3v) is 5.66. The first-order valence-electron chi connectivity index (χ1n) is 9.48. The number of thiazole rings is 1. The molecule has 0 unspecified atom stereocenters. The van der Waals surface area contributed by atoms with E-state index in [1.54, 1.807) is 0 Å². The second kappa shape index (κ2) is 9.69. The number of amides is 1. The lowest BCUT2D eigenvalue weighted by molar-refractivity contribution is -0.121. The molecule has 0 bridgehead atoms. The third kappa shape index (κ3) is 5.54. The highest BCUT2D eigenvalue weighted by atomic mass is 32.1. The van der Waals surface area contributed by atoms with Gasteiger partial charge in [-0.25, -0.2) is 4.98 Å². The molecule has 2 aromatic rings. The van der Waals surface area contributed by atoms with Crippen LogP contribution in [0.15, 0.2) is 35.7 Å². The molecule has 3 N–H and O–H groups in total. The zero-order valence-corrected chi connectivity index (χ0v) is 16.0. The number of benzene rings is 1. The van der Waals surface area contributed by atoms with E-state index in [-0.39, 0.29) is 11.9 Å². The highest BCUT2D eigenvalue weighted by Gasteiger charge is 2.22. The van der Waals surface area contributed by atoms with Crippen LogP contribution in [0.4, 0.5) is 5.13 Å². The fourth-order valence-corrected chi connectivity index (χ4v) is 4.12. The van der Waals surface area contributed by atoms with Crippen LogP contribution < -0.4 is 11.1 Å². The molecular formula is C20H28N4OS. The molecule has 6 heteroatoms. The van der Waals surface area contributed by atoms with Crippen molar-refractivity contribution >= 4 is 22.4 Å². The molecule has 1 aromatic heterocycles. The van der Waals surface area contributed by atoms with Crippen LogP contribution in [-0.2, 0) is 11.2 Å². The number of aryl methyl sites for hydroxylation is 1. The predicted molar refractivity (Wildman–Crippen MR) is 107 cm³/mol. The third-order valence-electron chi connectivity index (χ3n) is 4.94. The second-order valence-corrected chi connectivity index (χ2v) is 7.75. The van der Waals surface area contributed by atoms with Crippen LogP contribution >= 0.6 is 11.3 Å². The molecule has 1 atom stereocenters. The lowest BCUT2D eigenvalue weighted by atomic mass is 10.0.